The number of phenols is 1. The molecule has 2 aliphatic heterocycles. The molecule has 144 valence electrons. The van der Waals surface area contributed by atoms with Gasteiger partial charge < -0.3 is 33.5 Å². The van der Waals surface area contributed by atoms with Crippen LogP contribution in [0.1, 0.15) is 30.4 Å². The van der Waals surface area contributed by atoms with Gasteiger partial charge in [-0.1, -0.05) is 0 Å². The number of methoxy groups -OCH3 is 3. The van der Waals surface area contributed by atoms with Crippen LogP contribution in [0, 0.1) is 0 Å². The van der Waals surface area contributed by atoms with Gasteiger partial charge in [0.25, 0.3) is 0 Å². The molecule has 0 fully saturated rings. The van der Waals surface area contributed by atoms with E-state index in [1.54, 1.807) is 19.2 Å². The monoisotopic (exact) mass is 374 g/mol. The Morgan fingerprint density at radius 1 is 0.963 bits per heavy atom. The summed E-state index contributed by atoms with van der Waals surface area (Å²) in [7, 11) is 4.63. The first-order valence-corrected chi connectivity index (χ1v) is 8.60. The molecule has 0 bridgehead atoms. The maximum atomic E-state index is 10.2. The second kappa shape index (κ2) is 6.42. The van der Waals surface area contributed by atoms with E-state index in [-0.39, 0.29) is 18.5 Å². The Balaban J connectivity index is 1.88. The van der Waals surface area contributed by atoms with Gasteiger partial charge in [0.05, 0.1) is 14.2 Å². The van der Waals surface area contributed by atoms with E-state index in [0.29, 0.717) is 35.2 Å². The van der Waals surface area contributed by atoms with Crippen LogP contribution in [-0.2, 0) is 4.74 Å². The van der Waals surface area contributed by atoms with Gasteiger partial charge in [-0.3, -0.25) is 0 Å². The Morgan fingerprint density at radius 3 is 2.19 bits per heavy atom. The van der Waals surface area contributed by atoms with Crippen molar-refractivity contribution in [3.63, 3.8) is 0 Å². The average Bonchev–Trinajstić information content (AvgIpc) is 3.13. The SMILES string of the molecule is COc1cc([C@@H]2C[C@](C)(OC)Oc3cc4c(cc32)OCO4)cc(OC)c1O. The van der Waals surface area contributed by atoms with E-state index in [4.69, 9.17) is 28.4 Å². The van der Waals surface area contributed by atoms with Crippen molar-refractivity contribution < 1.29 is 33.5 Å². The van der Waals surface area contributed by atoms with Crippen LogP contribution in [0.3, 0.4) is 0 Å². The Hall–Kier alpha value is -2.80. The van der Waals surface area contributed by atoms with Crippen molar-refractivity contribution in [3.8, 4) is 34.5 Å². The number of benzene rings is 2. The van der Waals surface area contributed by atoms with Gasteiger partial charge in [-0.2, -0.15) is 0 Å². The largest absolute Gasteiger partial charge is 0.502 e. The van der Waals surface area contributed by atoms with E-state index >= 15 is 0 Å². The zero-order valence-corrected chi connectivity index (χ0v) is 15.7. The lowest BCUT2D eigenvalue weighted by Crippen LogP contribution is -2.40. The van der Waals surface area contributed by atoms with Crippen LogP contribution in [0.25, 0.3) is 0 Å². The van der Waals surface area contributed by atoms with Crippen LogP contribution < -0.4 is 23.7 Å². The number of hydrogen-bond acceptors (Lipinski definition) is 7. The third-order valence-electron chi connectivity index (χ3n) is 5.12. The molecule has 2 heterocycles. The fourth-order valence-electron chi connectivity index (χ4n) is 3.59. The molecular formula is C20H22O7. The maximum Gasteiger partial charge on any atom is 0.231 e. The predicted molar refractivity (Wildman–Crippen MR) is 96.3 cm³/mol. The molecule has 0 aromatic heterocycles. The summed E-state index contributed by atoms with van der Waals surface area (Å²) >= 11 is 0. The summed E-state index contributed by atoms with van der Waals surface area (Å²) in [5.74, 6) is 1.76. The number of hydrogen-bond donors (Lipinski definition) is 1. The fraction of sp³-hybridized carbons (Fsp3) is 0.400. The average molecular weight is 374 g/mol. The van der Waals surface area contributed by atoms with E-state index in [1.165, 1.54) is 14.2 Å². The zero-order valence-electron chi connectivity index (χ0n) is 15.7. The number of aromatic hydroxyl groups is 1. The minimum Gasteiger partial charge on any atom is -0.502 e. The van der Waals surface area contributed by atoms with E-state index in [2.05, 4.69) is 0 Å². The third kappa shape index (κ3) is 2.88. The number of fused-ring (bicyclic) bond motifs is 2. The quantitative estimate of drug-likeness (QED) is 0.879. The summed E-state index contributed by atoms with van der Waals surface area (Å²) < 4.78 is 33.4. The lowest BCUT2D eigenvalue weighted by molar-refractivity contribution is -0.163. The lowest BCUT2D eigenvalue weighted by atomic mass is 9.82. The van der Waals surface area contributed by atoms with Crippen molar-refractivity contribution in [3.05, 3.63) is 35.4 Å². The number of phenolic OH excluding ortho intramolecular Hbond substituents is 1. The summed E-state index contributed by atoms with van der Waals surface area (Å²) in [6.07, 6.45) is 0.563. The van der Waals surface area contributed by atoms with Gasteiger partial charge in [-0.15, -0.1) is 0 Å². The van der Waals surface area contributed by atoms with Gasteiger partial charge in [0.1, 0.15) is 5.75 Å². The van der Waals surface area contributed by atoms with Gasteiger partial charge >= 0.3 is 0 Å². The first-order valence-electron chi connectivity index (χ1n) is 8.60. The van der Waals surface area contributed by atoms with Crippen molar-refractivity contribution in [1.29, 1.82) is 0 Å². The van der Waals surface area contributed by atoms with Gasteiger partial charge in [-0.05, 0) is 23.8 Å². The molecule has 4 rings (SSSR count). The molecule has 7 heteroatoms. The molecule has 7 nitrogen and oxygen atoms in total. The predicted octanol–water partition coefficient (Wildman–Crippen LogP) is 3.42. The van der Waals surface area contributed by atoms with Crippen LogP contribution >= 0.6 is 0 Å². The van der Waals surface area contributed by atoms with Crippen molar-refractivity contribution in [2.24, 2.45) is 0 Å². The summed E-state index contributed by atoms with van der Waals surface area (Å²) in [6.45, 7) is 2.08. The molecule has 0 unspecified atom stereocenters. The molecule has 0 aliphatic carbocycles. The highest BCUT2D eigenvalue weighted by Gasteiger charge is 2.40. The Kier molecular flexibility index (Phi) is 4.19. The number of rotatable bonds is 4. The van der Waals surface area contributed by atoms with E-state index in [9.17, 15) is 5.11 Å². The van der Waals surface area contributed by atoms with Crippen LogP contribution in [0.5, 0.6) is 34.5 Å². The molecule has 27 heavy (non-hydrogen) atoms. The molecular weight excluding hydrogens is 352 g/mol. The number of ether oxygens (including phenoxy) is 6. The second-order valence-corrected chi connectivity index (χ2v) is 6.71. The molecule has 0 radical (unpaired) electrons. The summed E-state index contributed by atoms with van der Waals surface area (Å²) in [4.78, 5) is 0. The summed E-state index contributed by atoms with van der Waals surface area (Å²) in [6, 6.07) is 7.37. The van der Waals surface area contributed by atoms with Gasteiger partial charge in [0.2, 0.25) is 18.3 Å². The first kappa shape index (κ1) is 17.6. The topological polar surface area (TPSA) is 75.6 Å². The Bertz CT molecular complexity index is 854. The smallest absolute Gasteiger partial charge is 0.231 e. The lowest BCUT2D eigenvalue weighted by Gasteiger charge is -2.39. The minimum atomic E-state index is -0.816. The molecule has 2 aliphatic rings. The van der Waals surface area contributed by atoms with E-state index in [0.717, 1.165) is 11.1 Å². The molecule has 2 aromatic rings. The van der Waals surface area contributed by atoms with E-state index < -0.39 is 5.79 Å². The Labute approximate surface area is 157 Å². The third-order valence-corrected chi connectivity index (χ3v) is 5.12. The van der Waals surface area contributed by atoms with Crippen molar-refractivity contribution in [1.82, 2.24) is 0 Å². The van der Waals surface area contributed by atoms with Gasteiger partial charge in [0, 0.05) is 38.0 Å². The first-order chi connectivity index (χ1) is 13.0. The van der Waals surface area contributed by atoms with Crippen molar-refractivity contribution in [2.75, 3.05) is 28.1 Å². The van der Waals surface area contributed by atoms with Crippen LogP contribution in [0.2, 0.25) is 0 Å². The molecule has 0 spiro atoms. The highest BCUT2D eigenvalue weighted by molar-refractivity contribution is 5.59. The normalized spacial score (nSPS) is 22.7. The van der Waals surface area contributed by atoms with Gasteiger partial charge in [-0.25, -0.2) is 0 Å². The molecule has 2 aromatic carbocycles. The Morgan fingerprint density at radius 2 is 1.59 bits per heavy atom. The summed E-state index contributed by atoms with van der Waals surface area (Å²) in [5.41, 5.74) is 1.86. The van der Waals surface area contributed by atoms with Crippen molar-refractivity contribution >= 4 is 0 Å². The highest BCUT2D eigenvalue weighted by atomic mass is 16.7. The molecule has 0 saturated heterocycles. The zero-order chi connectivity index (χ0) is 19.2. The van der Waals surface area contributed by atoms with Crippen LogP contribution in [0.4, 0.5) is 0 Å². The molecule has 0 saturated carbocycles. The fourth-order valence-corrected chi connectivity index (χ4v) is 3.59. The van der Waals surface area contributed by atoms with Crippen LogP contribution in [0.15, 0.2) is 24.3 Å². The molecule has 0 amide bonds. The van der Waals surface area contributed by atoms with Crippen LogP contribution in [-0.4, -0.2) is 39.0 Å². The van der Waals surface area contributed by atoms with Gasteiger partial charge in [0.15, 0.2) is 23.0 Å². The maximum absolute atomic E-state index is 10.2. The summed E-state index contributed by atoms with van der Waals surface area (Å²) in [5, 5.41) is 10.2. The minimum absolute atomic E-state index is 0.0313. The standard InChI is InChI=1S/C20H22O7/c1-20(24-4)9-13(11-5-17(22-2)19(21)18(6-11)23-3)12-7-15-16(26-10-25-15)8-14(12)27-20/h5-8,13,21H,9-10H2,1-4H3/t13-,20+/m0/s1. The van der Waals surface area contributed by atoms with E-state index in [1.807, 2.05) is 19.1 Å². The highest BCUT2D eigenvalue weighted by Crippen LogP contribution is 2.51. The molecule has 1 N–H and O–H groups in total. The molecule has 2 atom stereocenters. The van der Waals surface area contributed by atoms with Crippen molar-refractivity contribution in [2.45, 2.75) is 25.0 Å². The second-order valence-electron chi connectivity index (χ2n) is 6.71.